The summed E-state index contributed by atoms with van der Waals surface area (Å²) in [6.45, 7) is 1.08. The van der Waals surface area contributed by atoms with Gasteiger partial charge in [0.2, 0.25) is 5.91 Å². The lowest BCUT2D eigenvalue weighted by atomic mass is 10.0. The van der Waals surface area contributed by atoms with Crippen molar-refractivity contribution >= 4 is 17.5 Å². The molecule has 3 rings (SSSR count). The van der Waals surface area contributed by atoms with Crippen molar-refractivity contribution in [3.8, 4) is 11.3 Å². The van der Waals surface area contributed by atoms with Gasteiger partial charge in [-0.3, -0.25) is 4.79 Å². The molecule has 0 fully saturated rings. The van der Waals surface area contributed by atoms with Crippen molar-refractivity contribution in [3.63, 3.8) is 0 Å². The number of halogens is 2. The molecule has 1 amide bonds. The van der Waals surface area contributed by atoms with E-state index in [0.717, 1.165) is 16.8 Å². The normalized spacial score (nSPS) is 14.1. The Bertz CT molecular complexity index is 654. The highest BCUT2D eigenvalue weighted by Crippen LogP contribution is 2.30. The van der Waals surface area contributed by atoms with Crippen molar-refractivity contribution in [2.45, 2.75) is 19.4 Å². The molecule has 1 aliphatic heterocycles. The van der Waals surface area contributed by atoms with Crippen LogP contribution in [0.4, 0.5) is 4.39 Å². The fourth-order valence-electron chi connectivity index (χ4n) is 2.49. The average molecular weight is 309 g/mol. The van der Waals surface area contributed by atoms with Gasteiger partial charge in [0, 0.05) is 36.4 Å². The van der Waals surface area contributed by atoms with E-state index in [1.165, 1.54) is 12.1 Å². The number of fused-ring (bicyclic) bond motifs is 1. The maximum Gasteiger partial charge on any atom is 0.224 e. The molecule has 0 aliphatic carbocycles. The Morgan fingerprint density at radius 3 is 2.86 bits per heavy atom. The van der Waals surface area contributed by atoms with Crippen molar-refractivity contribution in [1.82, 2.24) is 10.1 Å². The number of carbonyl (C=O) groups excluding carboxylic acids is 1. The third kappa shape index (κ3) is 2.78. The van der Waals surface area contributed by atoms with Gasteiger partial charge in [0.25, 0.3) is 0 Å². The Hall–Kier alpha value is -1.88. The smallest absolute Gasteiger partial charge is 0.224 e. The topological polar surface area (TPSA) is 46.3 Å². The van der Waals surface area contributed by atoms with E-state index < -0.39 is 0 Å². The molecular weight excluding hydrogens is 295 g/mol. The van der Waals surface area contributed by atoms with E-state index in [1.807, 2.05) is 0 Å². The van der Waals surface area contributed by atoms with Crippen LogP contribution in [-0.4, -0.2) is 28.4 Å². The highest BCUT2D eigenvalue weighted by Gasteiger charge is 2.27. The summed E-state index contributed by atoms with van der Waals surface area (Å²) in [5.41, 5.74) is 2.52. The number of amides is 1. The van der Waals surface area contributed by atoms with Crippen LogP contribution in [0.25, 0.3) is 11.3 Å². The molecule has 4 nitrogen and oxygen atoms in total. The van der Waals surface area contributed by atoms with E-state index in [4.69, 9.17) is 16.1 Å². The average Bonchev–Trinajstić information content (AvgIpc) is 2.91. The third-order valence-corrected chi connectivity index (χ3v) is 3.79. The summed E-state index contributed by atoms with van der Waals surface area (Å²) in [4.78, 5) is 13.7. The second-order valence-electron chi connectivity index (χ2n) is 4.95. The van der Waals surface area contributed by atoms with Crippen LogP contribution in [0.2, 0.25) is 0 Å². The first kappa shape index (κ1) is 14.1. The van der Waals surface area contributed by atoms with Gasteiger partial charge in [0.15, 0.2) is 5.76 Å². The molecule has 0 N–H and O–H groups in total. The predicted molar refractivity (Wildman–Crippen MR) is 76.4 cm³/mol. The van der Waals surface area contributed by atoms with Gasteiger partial charge in [-0.25, -0.2) is 4.39 Å². The van der Waals surface area contributed by atoms with Crippen LogP contribution in [0, 0.1) is 5.82 Å². The second-order valence-corrected chi connectivity index (χ2v) is 5.33. The lowest BCUT2D eigenvalue weighted by molar-refractivity contribution is -0.131. The predicted octanol–water partition coefficient (Wildman–Crippen LogP) is 2.99. The van der Waals surface area contributed by atoms with Crippen LogP contribution in [0.15, 0.2) is 28.8 Å². The van der Waals surface area contributed by atoms with Crippen molar-refractivity contribution in [1.29, 1.82) is 0 Å². The molecule has 6 heteroatoms. The Morgan fingerprint density at radius 1 is 1.38 bits per heavy atom. The number of hydrogen-bond acceptors (Lipinski definition) is 3. The first-order chi connectivity index (χ1) is 10.2. The molecule has 0 spiro atoms. The van der Waals surface area contributed by atoms with Crippen molar-refractivity contribution < 1.29 is 13.7 Å². The van der Waals surface area contributed by atoms with E-state index in [0.29, 0.717) is 37.6 Å². The third-order valence-electron chi connectivity index (χ3n) is 3.60. The van der Waals surface area contributed by atoms with Crippen LogP contribution < -0.4 is 0 Å². The van der Waals surface area contributed by atoms with Gasteiger partial charge in [-0.15, -0.1) is 11.6 Å². The molecule has 0 bridgehead atoms. The Labute approximate surface area is 126 Å². The van der Waals surface area contributed by atoms with Gasteiger partial charge in [0.1, 0.15) is 5.82 Å². The van der Waals surface area contributed by atoms with Gasteiger partial charge in [-0.05, 0) is 24.3 Å². The van der Waals surface area contributed by atoms with Crippen LogP contribution in [0.5, 0.6) is 0 Å². The van der Waals surface area contributed by atoms with E-state index in [-0.39, 0.29) is 11.7 Å². The zero-order chi connectivity index (χ0) is 14.8. The number of hydrogen-bond donors (Lipinski definition) is 0. The Morgan fingerprint density at radius 2 is 2.14 bits per heavy atom. The quantitative estimate of drug-likeness (QED) is 0.819. The lowest BCUT2D eigenvalue weighted by Crippen LogP contribution is -2.36. The summed E-state index contributed by atoms with van der Waals surface area (Å²) in [6.07, 6.45) is 0.988. The first-order valence-corrected chi connectivity index (χ1v) is 7.29. The maximum atomic E-state index is 13.0. The maximum absolute atomic E-state index is 13.0. The van der Waals surface area contributed by atoms with E-state index >= 15 is 0 Å². The second kappa shape index (κ2) is 5.85. The molecule has 0 atom stereocenters. The fraction of sp³-hybridized carbons (Fsp3) is 0.333. The minimum atomic E-state index is -0.300. The van der Waals surface area contributed by atoms with Gasteiger partial charge >= 0.3 is 0 Å². The minimum Gasteiger partial charge on any atom is -0.356 e. The number of aromatic nitrogens is 1. The SMILES string of the molecule is O=C(CCCl)N1CCc2noc(-c3ccc(F)cc3)c2C1. The molecule has 1 aliphatic rings. The summed E-state index contributed by atoms with van der Waals surface area (Å²) in [5.74, 6) is 0.651. The van der Waals surface area contributed by atoms with Crippen LogP contribution in [0.3, 0.4) is 0 Å². The number of alkyl halides is 1. The summed E-state index contributed by atoms with van der Waals surface area (Å²) >= 11 is 5.62. The van der Waals surface area contributed by atoms with Crippen LogP contribution in [0.1, 0.15) is 17.7 Å². The molecule has 1 aromatic heterocycles. The number of benzene rings is 1. The van der Waals surface area contributed by atoms with E-state index in [2.05, 4.69) is 5.16 Å². The molecule has 0 saturated heterocycles. The molecule has 0 radical (unpaired) electrons. The summed E-state index contributed by atoms with van der Waals surface area (Å²) in [5, 5.41) is 4.06. The van der Waals surface area contributed by atoms with Gasteiger partial charge in [0.05, 0.1) is 12.2 Å². The molecule has 1 aromatic carbocycles. The molecule has 2 heterocycles. The lowest BCUT2D eigenvalue weighted by Gasteiger charge is -2.26. The highest BCUT2D eigenvalue weighted by molar-refractivity contribution is 6.18. The molecule has 21 heavy (non-hydrogen) atoms. The molecular formula is C15H14ClFN2O2. The molecule has 110 valence electrons. The minimum absolute atomic E-state index is 0.0295. The Balaban J connectivity index is 1.89. The van der Waals surface area contributed by atoms with E-state index in [1.54, 1.807) is 17.0 Å². The van der Waals surface area contributed by atoms with Crippen molar-refractivity contribution in [2.75, 3.05) is 12.4 Å². The van der Waals surface area contributed by atoms with Crippen LogP contribution in [-0.2, 0) is 17.8 Å². The van der Waals surface area contributed by atoms with Gasteiger partial charge in [-0.2, -0.15) is 0 Å². The zero-order valence-electron chi connectivity index (χ0n) is 11.3. The van der Waals surface area contributed by atoms with Gasteiger partial charge < -0.3 is 9.42 Å². The number of rotatable bonds is 3. The van der Waals surface area contributed by atoms with Crippen LogP contribution >= 0.6 is 11.6 Å². The molecule has 0 unspecified atom stereocenters. The largest absolute Gasteiger partial charge is 0.356 e. The highest BCUT2D eigenvalue weighted by atomic mass is 35.5. The fourth-order valence-corrected chi connectivity index (χ4v) is 2.65. The van der Waals surface area contributed by atoms with E-state index in [9.17, 15) is 9.18 Å². The first-order valence-electron chi connectivity index (χ1n) is 6.76. The zero-order valence-corrected chi connectivity index (χ0v) is 12.1. The van der Waals surface area contributed by atoms with Crippen molar-refractivity contribution in [3.05, 3.63) is 41.3 Å². The summed E-state index contributed by atoms with van der Waals surface area (Å²) in [6, 6.07) is 6.05. The van der Waals surface area contributed by atoms with Crippen molar-refractivity contribution in [2.24, 2.45) is 0 Å². The molecule has 2 aromatic rings. The monoisotopic (exact) mass is 308 g/mol. The summed E-state index contributed by atoms with van der Waals surface area (Å²) < 4.78 is 18.4. The van der Waals surface area contributed by atoms with Gasteiger partial charge in [-0.1, -0.05) is 5.16 Å². The Kier molecular flexibility index (Phi) is 3.92. The standard InChI is InChI=1S/C15H14ClFN2O2/c16-7-5-14(20)19-8-6-13-12(9-19)15(21-18-13)10-1-3-11(17)4-2-10/h1-4H,5-9H2. The molecule has 0 saturated carbocycles. The number of carbonyl (C=O) groups is 1. The number of nitrogens with zero attached hydrogens (tertiary/aromatic N) is 2. The summed E-state index contributed by atoms with van der Waals surface area (Å²) in [7, 11) is 0.